The van der Waals surface area contributed by atoms with Gasteiger partial charge in [-0.15, -0.1) is 0 Å². The van der Waals surface area contributed by atoms with Crippen LogP contribution >= 0.6 is 0 Å². The highest BCUT2D eigenvalue weighted by Gasteiger charge is 2.38. The number of hydrogen-bond acceptors (Lipinski definition) is 2. The largest absolute Gasteiger partial charge is 0.331 e. The second-order valence-corrected chi connectivity index (χ2v) is 5.04. The Balaban J connectivity index is 2.16. The van der Waals surface area contributed by atoms with Crippen molar-refractivity contribution in [3.05, 3.63) is 29.6 Å². The Morgan fingerprint density at radius 2 is 2.19 bits per heavy atom. The normalized spacial score (nSPS) is 17.9. The Labute approximate surface area is 95.3 Å². The molecule has 1 aliphatic rings. The Morgan fingerprint density at radius 1 is 1.44 bits per heavy atom. The van der Waals surface area contributed by atoms with E-state index in [0.29, 0.717) is 0 Å². The molecule has 0 aliphatic heterocycles. The summed E-state index contributed by atoms with van der Waals surface area (Å²) in [6.07, 6.45) is 3.28. The lowest BCUT2D eigenvalue weighted by atomic mass is 10.0. The number of imidazole rings is 1. The van der Waals surface area contributed by atoms with Gasteiger partial charge in [0.05, 0.1) is 11.0 Å². The summed E-state index contributed by atoms with van der Waals surface area (Å²) in [6.45, 7) is 2.04. The van der Waals surface area contributed by atoms with E-state index < -0.39 is 0 Å². The summed E-state index contributed by atoms with van der Waals surface area (Å²) in [7, 11) is 2.07. The molecule has 1 aromatic carbocycles. The van der Waals surface area contributed by atoms with Crippen LogP contribution in [0.4, 0.5) is 0 Å². The van der Waals surface area contributed by atoms with Gasteiger partial charge in [-0.05, 0) is 37.8 Å². The quantitative estimate of drug-likeness (QED) is 0.831. The van der Waals surface area contributed by atoms with Crippen LogP contribution in [-0.2, 0) is 13.5 Å². The second kappa shape index (κ2) is 3.08. The molecule has 16 heavy (non-hydrogen) atoms. The van der Waals surface area contributed by atoms with Crippen molar-refractivity contribution in [1.82, 2.24) is 9.55 Å². The molecule has 1 aliphatic carbocycles. The van der Waals surface area contributed by atoms with E-state index in [1.54, 1.807) is 0 Å². The minimum atomic E-state index is 0.0620. The highest BCUT2D eigenvalue weighted by atomic mass is 15.1. The van der Waals surface area contributed by atoms with Gasteiger partial charge in [0.15, 0.2) is 0 Å². The summed E-state index contributed by atoms with van der Waals surface area (Å²) in [4.78, 5) is 4.55. The molecule has 1 aromatic heterocycles. The summed E-state index contributed by atoms with van der Waals surface area (Å²) < 4.78 is 2.16. The number of para-hydroxylation sites is 1. The average Bonchev–Trinajstić information content (AvgIpc) is 2.87. The standard InChI is InChI=1S/C13H17N3/c1-9-15-11-5-3-4-10(12(11)16(9)2)8-13(14)6-7-13/h3-5H,6-8,14H2,1-2H3. The Kier molecular flexibility index (Phi) is 1.89. The summed E-state index contributed by atoms with van der Waals surface area (Å²) in [5, 5.41) is 0. The molecule has 3 heteroatoms. The van der Waals surface area contributed by atoms with Crippen LogP contribution in [0.5, 0.6) is 0 Å². The monoisotopic (exact) mass is 215 g/mol. The molecule has 0 amide bonds. The van der Waals surface area contributed by atoms with E-state index in [0.717, 1.165) is 30.6 Å². The van der Waals surface area contributed by atoms with Crippen molar-refractivity contribution in [3.8, 4) is 0 Å². The third kappa shape index (κ3) is 1.43. The van der Waals surface area contributed by atoms with Gasteiger partial charge < -0.3 is 10.3 Å². The van der Waals surface area contributed by atoms with Gasteiger partial charge in [-0.1, -0.05) is 12.1 Å². The number of rotatable bonds is 2. The molecule has 1 saturated carbocycles. The van der Waals surface area contributed by atoms with Gasteiger partial charge in [0.2, 0.25) is 0 Å². The molecule has 3 nitrogen and oxygen atoms in total. The SMILES string of the molecule is Cc1nc2cccc(CC3(N)CC3)c2n1C. The zero-order chi connectivity index (χ0) is 11.3. The molecule has 1 heterocycles. The number of aryl methyl sites for hydroxylation is 2. The summed E-state index contributed by atoms with van der Waals surface area (Å²) >= 11 is 0. The lowest BCUT2D eigenvalue weighted by molar-refractivity contribution is 0.672. The Hall–Kier alpha value is -1.35. The Bertz CT molecular complexity index is 550. The van der Waals surface area contributed by atoms with Gasteiger partial charge in [-0.2, -0.15) is 0 Å². The first-order valence-corrected chi connectivity index (χ1v) is 5.79. The molecule has 2 N–H and O–H groups in total. The fourth-order valence-corrected chi connectivity index (χ4v) is 2.33. The van der Waals surface area contributed by atoms with E-state index in [1.165, 1.54) is 11.1 Å². The molecule has 0 unspecified atom stereocenters. The summed E-state index contributed by atoms with van der Waals surface area (Å²) in [5.41, 5.74) is 9.92. The maximum absolute atomic E-state index is 6.20. The highest BCUT2D eigenvalue weighted by Crippen LogP contribution is 2.37. The third-order valence-corrected chi connectivity index (χ3v) is 3.64. The molecular formula is C13H17N3. The van der Waals surface area contributed by atoms with Gasteiger partial charge in [-0.3, -0.25) is 0 Å². The zero-order valence-electron chi connectivity index (χ0n) is 9.83. The predicted molar refractivity (Wildman–Crippen MR) is 65.3 cm³/mol. The van der Waals surface area contributed by atoms with Crippen LogP contribution in [0.15, 0.2) is 18.2 Å². The van der Waals surface area contributed by atoms with Crippen LogP contribution in [0.2, 0.25) is 0 Å². The zero-order valence-corrected chi connectivity index (χ0v) is 9.83. The van der Waals surface area contributed by atoms with Crippen molar-refractivity contribution in [1.29, 1.82) is 0 Å². The molecule has 3 rings (SSSR count). The van der Waals surface area contributed by atoms with Gasteiger partial charge in [0, 0.05) is 12.6 Å². The van der Waals surface area contributed by atoms with Crippen molar-refractivity contribution in [2.75, 3.05) is 0 Å². The van der Waals surface area contributed by atoms with E-state index in [-0.39, 0.29) is 5.54 Å². The first-order valence-electron chi connectivity index (χ1n) is 5.79. The molecule has 0 spiro atoms. The van der Waals surface area contributed by atoms with Crippen LogP contribution in [0.1, 0.15) is 24.2 Å². The van der Waals surface area contributed by atoms with Crippen LogP contribution in [0.25, 0.3) is 11.0 Å². The molecule has 0 radical (unpaired) electrons. The first kappa shape index (κ1) is 9.85. The predicted octanol–water partition coefficient (Wildman–Crippen LogP) is 1.92. The molecule has 84 valence electrons. The maximum Gasteiger partial charge on any atom is 0.106 e. The number of benzene rings is 1. The molecule has 0 atom stereocenters. The van der Waals surface area contributed by atoms with Crippen LogP contribution in [0.3, 0.4) is 0 Å². The smallest absolute Gasteiger partial charge is 0.106 e. The van der Waals surface area contributed by atoms with Gasteiger partial charge in [0.25, 0.3) is 0 Å². The lowest BCUT2D eigenvalue weighted by Crippen LogP contribution is -2.24. The van der Waals surface area contributed by atoms with Crippen molar-refractivity contribution in [2.24, 2.45) is 12.8 Å². The summed E-state index contributed by atoms with van der Waals surface area (Å²) in [5.74, 6) is 1.06. The number of aromatic nitrogens is 2. The average molecular weight is 215 g/mol. The van der Waals surface area contributed by atoms with E-state index in [1.807, 2.05) is 6.92 Å². The topological polar surface area (TPSA) is 43.8 Å². The molecule has 1 fully saturated rings. The maximum atomic E-state index is 6.20. The fraction of sp³-hybridized carbons (Fsp3) is 0.462. The van der Waals surface area contributed by atoms with Crippen molar-refractivity contribution in [2.45, 2.75) is 31.7 Å². The van der Waals surface area contributed by atoms with Crippen molar-refractivity contribution < 1.29 is 0 Å². The number of hydrogen-bond donors (Lipinski definition) is 1. The van der Waals surface area contributed by atoms with Crippen molar-refractivity contribution in [3.63, 3.8) is 0 Å². The van der Waals surface area contributed by atoms with Crippen LogP contribution in [0, 0.1) is 6.92 Å². The highest BCUT2D eigenvalue weighted by molar-refractivity contribution is 5.80. The third-order valence-electron chi connectivity index (χ3n) is 3.64. The second-order valence-electron chi connectivity index (χ2n) is 5.04. The molecule has 0 bridgehead atoms. The van der Waals surface area contributed by atoms with Gasteiger partial charge in [-0.25, -0.2) is 4.98 Å². The number of nitrogens with zero attached hydrogens (tertiary/aromatic N) is 2. The number of fused-ring (bicyclic) bond motifs is 1. The van der Waals surface area contributed by atoms with E-state index in [2.05, 4.69) is 34.8 Å². The molecular weight excluding hydrogens is 198 g/mol. The lowest BCUT2D eigenvalue weighted by Gasteiger charge is -2.10. The number of nitrogens with two attached hydrogens (primary N) is 1. The minimum absolute atomic E-state index is 0.0620. The van der Waals surface area contributed by atoms with Gasteiger partial charge >= 0.3 is 0 Å². The van der Waals surface area contributed by atoms with E-state index in [9.17, 15) is 0 Å². The minimum Gasteiger partial charge on any atom is -0.331 e. The van der Waals surface area contributed by atoms with Crippen molar-refractivity contribution >= 4 is 11.0 Å². The van der Waals surface area contributed by atoms with E-state index >= 15 is 0 Å². The first-order chi connectivity index (χ1) is 7.59. The fourth-order valence-electron chi connectivity index (χ4n) is 2.33. The molecule has 0 saturated heterocycles. The van der Waals surface area contributed by atoms with Crippen LogP contribution in [-0.4, -0.2) is 15.1 Å². The Morgan fingerprint density at radius 3 is 2.88 bits per heavy atom. The summed E-state index contributed by atoms with van der Waals surface area (Å²) in [6, 6.07) is 6.33. The van der Waals surface area contributed by atoms with E-state index in [4.69, 9.17) is 5.73 Å². The molecule has 2 aromatic rings. The van der Waals surface area contributed by atoms with Gasteiger partial charge in [0.1, 0.15) is 5.82 Å². The van der Waals surface area contributed by atoms with Crippen LogP contribution < -0.4 is 5.73 Å².